The van der Waals surface area contributed by atoms with Gasteiger partial charge in [0.2, 0.25) is 5.91 Å². The summed E-state index contributed by atoms with van der Waals surface area (Å²) in [6, 6.07) is -0.895. The molecule has 0 saturated carbocycles. The number of hydrogen-bond donors (Lipinski definition) is 1. The fourth-order valence-corrected chi connectivity index (χ4v) is 8.14. The van der Waals surface area contributed by atoms with E-state index in [4.69, 9.17) is 13.8 Å². The number of unbranched alkanes of at least 4 members (excludes halogenated alkanes) is 25. The number of carbonyl (C=O) groups excluding carboxylic acids is 2. The Kier molecular flexibility index (Phi) is 43.4. The maximum absolute atomic E-state index is 13.4. The van der Waals surface area contributed by atoms with Crippen molar-refractivity contribution in [2.24, 2.45) is 0 Å². The zero-order chi connectivity index (χ0) is 47.3. The third kappa shape index (κ3) is 45.1. The van der Waals surface area contributed by atoms with Crippen LogP contribution in [0.25, 0.3) is 0 Å². The number of quaternary nitrogens is 1. The van der Waals surface area contributed by atoms with E-state index < -0.39 is 26.6 Å². The van der Waals surface area contributed by atoms with Gasteiger partial charge < -0.3 is 28.5 Å². The molecule has 10 heteroatoms. The van der Waals surface area contributed by atoms with Gasteiger partial charge in [-0.3, -0.25) is 14.2 Å². The number of hydrogen-bond acceptors (Lipinski definition) is 7. The minimum absolute atomic E-state index is 0.0265. The Hall–Kier alpha value is -2.03. The third-order valence-corrected chi connectivity index (χ3v) is 12.5. The molecule has 0 aliphatic rings. The Bertz CT molecular complexity index is 1240. The Balaban J connectivity index is 5.43. The monoisotopic (exact) mass is 921 g/mol. The predicted molar refractivity (Wildman–Crippen MR) is 270 cm³/mol. The van der Waals surface area contributed by atoms with E-state index in [1.807, 2.05) is 33.3 Å². The summed E-state index contributed by atoms with van der Waals surface area (Å²) in [6.45, 7) is 6.69. The fourth-order valence-electron chi connectivity index (χ4n) is 7.42. The highest BCUT2D eigenvalue weighted by Gasteiger charge is 2.27. The van der Waals surface area contributed by atoms with E-state index in [0.29, 0.717) is 23.9 Å². The first-order valence-corrected chi connectivity index (χ1v) is 27.9. The summed E-state index contributed by atoms with van der Waals surface area (Å²) in [5.74, 6) is -0.565. The molecule has 1 N–H and O–H groups in total. The molecule has 0 aliphatic heterocycles. The van der Waals surface area contributed by atoms with Crippen LogP contribution in [0, 0.1) is 0 Å². The molecule has 0 radical (unpaired) electrons. The Morgan fingerprint density at radius 3 is 1.50 bits per heavy atom. The van der Waals surface area contributed by atoms with Gasteiger partial charge in [0.1, 0.15) is 19.3 Å². The molecule has 64 heavy (non-hydrogen) atoms. The lowest BCUT2D eigenvalue weighted by Crippen LogP contribution is -2.47. The summed E-state index contributed by atoms with van der Waals surface area (Å²) in [5.41, 5.74) is 0. The van der Waals surface area contributed by atoms with Gasteiger partial charge in [-0.15, -0.1) is 0 Å². The highest BCUT2D eigenvalue weighted by atomic mass is 31.2. The molecule has 0 heterocycles. The van der Waals surface area contributed by atoms with Crippen molar-refractivity contribution in [3.8, 4) is 0 Å². The highest BCUT2D eigenvalue weighted by molar-refractivity contribution is 7.45. The van der Waals surface area contributed by atoms with Gasteiger partial charge in [-0.25, -0.2) is 0 Å². The maximum Gasteiger partial charge on any atom is 0.306 e. The lowest BCUT2D eigenvalue weighted by Gasteiger charge is -2.30. The van der Waals surface area contributed by atoms with E-state index in [-0.39, 0.29) is 24.9 Å². The summed E-state index contributed by atoms with van der Waals surface area (Å²) < 4.78 is 30.1. The molecule has 0 aromatic carbocycles. The van der Waals surface area contributed by atoms with Crippen LogP contribution < -0.4 is 10.2 Å². The number of nitrogens with one attached hydrogen (secondary N) is 1. The standard InChI is InChI=1S/C54H101N2O7P/c1-7-10-13-16-19-22-25-27-29-31-34-37-40-43-46-53(57)55-51(50-62-64(59,60)61-49-48-56(4,5)6)52(45-42-39-36-33-30-24-21-18-15-12-9-3)63-54(58)47-44-41-38-35-32-28-26-23-20-17-14-11-8-2/h10,13,19,22,27,29,42,45,51-52H,7-9,11-12,14-18,20-21,23-26,28,30-41,43-44,46-50H2,1-6H3,(H-,55,57,59,60)/b13-10+,22-19+,29-27+,45-42+. The molecule has 0 aromatic rings. The minimum Gasteiger partial charge on any atom is -0.756 e. The van der Waals surface area contributed by atoms with Gasteiger partial charge in [-0.2, -0.15) is 0 Å². The van der Waals surface area contributed by atoms with Gasteiger partial charge in [0, 0.05) is 12.8 Å². The van der Waals surface area contributed by atoms with E-state index in [1.54, 1.807) is 0 Å². The molecule has 9 nitrogen and oxygen atoms in total. The van der Waals surface area contributed by atoms with E-state index in [9.17, 15) is 19.0 Å². The first-order valence-electron chi connectivity index (χ1n) is 26.4. The summed E-state index contributed by atoms with van der Waals surface area (Å²) in [4.78, 5) is 39.6. The first kappa shape index (κ1) is 62.0. The van der Waals surface area contributed by atoms with Crippen molar-refractivity contribution in [3.63, 3.8) is 0 Å². The molecule has 0 rings (SSSR count). The van der Waals surface area contributed by atoms with Crippen molar-refractivity contribution < 1.29 is 37.3 Å². The van der Waals surface area contributed by atoms with E-state index >= 15 is 0 Å². The average Bonchev–Trinajstić information content (AvgIpc) is 3.25. The number of nitrogens with zero attached hydrogens (tertiary/aromatic N) is 1. The number of phosphoric acid groups is 1. The lowest BCUT2D eigenvalue weighted by atomic mass is 10.0. The molecule has 3 unspecified atom stereocenters. The Morgan fingerprint density at radius 2 is 1.00 bits per heavy atom. The smallest absolute Gasteiger partial charge is 0.306 e. The van der Waals surface area contributed by atoms with Gasteiger partial charge in [0.15, 0.2) is 0 Å². The second-order valence-electron chi connectivity index (χ2n) is 19.0. The van der Waals surface area contributed by atoms with Crippen LogP contribution in [-0.4, -0.2) is 69.4 Å². The van der Waals surface area contributed by atoms with Gasteiger partial charge in [-0.1, -0.05) is 205 Å². The minimum atomic E-state index is -4.69. The summed E-state index contributed by atoms with van der Waals surface area (Å²) in [7, 11) is 1.17. The number of phosphoric ester groups is 1. The van der Waals surface area contributed by atoms with Crippen LogP contribution in [0.2, 0.25) is 0 Å². The third-order valence-electron chi connectivity index (χ3n) is 11.5. The van der Waals surface area contributed by atoms with Gasteiger partial charge >= 0.3 is 5.97 Å². The number of ether oxygens (including phenoxy) is 1. The zero-order valence-corrected chi connectivity index (χ0v) is 43.4. The van der Waals surface area contributed by atoms with Crippen molar-refractivity contribution in [1.82, 2.24) is 5.32 Å². The predicted octanol–water partition coefficient (Wildman–Crippen LogP) is 14.7. The Labute approximate surface area is 395 Å². The number of esters is 1. The number of carbonyl (C=O) groups is 2. The molecule has 3 atom stereocenters. The lowest BCUT2D eigenvalue weighted by molar-refractivity contribution is -0.870. The first-order chi connectivity index (χ1) is 30.9. The van der Waals surface area contributed by atoms with Crippen LogP contribution >= 0.6 is 7.82 Å². The molecular formula is C54H101N2O7P. The van der Waals surface area contributed by atoms with Crippen LogP contribution in [0.4, 0.5) is 0 Å². The molecule has 1 amide bonds. The molecular weight excluding hydrogens is 820 g/mol. The van der Waals surface area contributed by atoms with Crippen molar-refractivity contribution in [2.75, 3.05) is 40.9 Å². The highest BCUT2D eigenvalue weighted by Crippen LogP contribution is 2.38. The van der Waals surface area contributed by atoms with Crippen LogP contribution in [0.1, 0.15) is 233 Å². The quantitative estimate of drug-likeness (QED) is 0.0213. The van der Waals surface area contributed by atoms with Crippen LogP contribution in [-0.2, 0) is 27.9 Å². The fraction of sp³-hybridized carbons (Fsp3) is 0.815. The molecule has 0 fully saturated rings. The molecule has 0 spiro atoms. The summed E-state index contributed by atoms with van der Waals surface area (Å²) in [5, 5.41) is 3.00. The second-order valence-corrected chi connectivity index (χ2v) is 20.4. The normalized spacial score (nSPS) is 14.3. The van der Waals surface area contributed by atoms with E-state index in [1.165, 1.54) is 109 Å². The average molecular weight is 921 g/mol. The van der Waals surface area contributed by atoms with E-state index in [2.05, 4.69) is 62.5 Å². The van der Waals surface area contributed by atoms with Gasteiger partial charge in [0.05, 0.1) is 33.8 Å². The number of rotatable bonds is 47. The molecule has 374 valence electrons. The van der Waals surface area contributed by atoms with Gasteiger partial charge in [0.25, 0.3) is 7.82 Å². The molecule has 0 aliphatic carbocycles. The van der Waals surface area contributed by atoms with Gasteiger partial charge in [-0.05, 0) is 63.9 Å². The number of amides is 1. The van der Waals surface area contributed by atoms with Crippen molar-refractivity contribution in [3.05, 3.63) is 48.6 Å². The maximum atomic E-state index is 13.4. The Morgan fingerprint density at radius 1 is 0.562 bits per heavy atom. The largest absolute Gasteiger partial charge is 0.756 e. The topological polar surface area (TPSA) is 114 Å². The summed E-state index contributed by atoms with van der Waals surface area (Å²) >= 11 is 0. The summed E-state index contributed by atoms with van der Waals surface area (Å²) in [6.07, 6.45) is 52.2. The molecule has 0 bridgehead atoms. The van der Waals surface area contributed by atoms with Crippen molar-refractivity contribution >= 4 is 19.7 Å². The molecule has 0 aromatic heterocycles. The SMILES string of the molecule is CC/C=C/C/C=C/C/C=C/CCCCCCC(=O)NC(COP(=O)([O-])OCC[N+](C)(C)C)C(/C=C/CCCCCCCCCCC)OC(=O)CCCCCCCCCCCCCCC. The van der Waals surface area contributed by atoms with E-state index in [0.717, 1.165) is 83.5 Å². The van der Waals surface area contributed by atoms with Crippen LogP contribution in [0.15, 0.2) is 48.6 Å². The van der Waals surface area contributed by atoms with Crippen molar-refractivity contribution in [1.29, 1.82) is 0 Å². The molecule has 0 saturated heterocycles. The second kappa shape index (κ2) is 44.8. The van der Waals surface area contributed by atoms with Crippen LogP contribution in [0.5, 0.6) is 0 Å². The number of likely N-dealkylation sites (N-methyl/N-ethyl adjacent to an activating group) is 1. The van der Waals surface area contributed by atoms with Crippen LogP contribution in [0.3, 0.4) is 0 Å². The van der Waals surface area contributed by atoms with Crippen molar-refractivity contribution in [2.45, 2.75) is 245 Å². The number of allylic oxidation sites excluding steroid dienone is 7. The zero-order valence-electron chi connectivity index (χ0n) is 42.5.